The van der Waals surface area contributed by atoms with Crippen molar-refractivity contribution in [2.75, 3.05) is 6.61 Å². The summed E-state index contributed by atoms with van der Waals surface area (Å²) in [5.74, 6) is 1.72. The van der Waals surface area contributed by atoms with E-state index in [-0.39, 0.29) is 18.6 Å². The van der Waals surface area contributed by atoms with Crippen molar-refractivity contribution in [2.45, 2.75) is 32.7 Å². The number of fused-ring (bicyclic) bond motifs is 1. The molecule has 1 aromatic heterocycles. The number of rotatable bonds is 6. The number of carbonyl (C=O) groups is 1. The summed E-state index contributed by atoms with van der Waals surface area (Å²) >= 11 is 0. The van der Waals surface area contributed by atoms with Crippen LogP contribution in [0.25, 0.3) is 11.0 Å². The molecular weight excluding hydrogens is 314 g/mol. The van der Waals surface area contributed by atoms with Crippen LogP contribution in [0.15, 0.2) is 59.0 Å². The summed E-state index contributed by atoms with van der Waals surface area (Å²) in [5, 5.41) is 3.93. The number of hydrogen-bond donors (Lipinski definition) is 1. The molecule has 0 bridgehead atoms. The summed E-state index contributed by atoms with van der Waals surface area (Å²) in [6.07, 6.45) is 0. The van der Waals surface area contributed by atoms with Crippen LogP contribution in [0.2, 0.25) is 0 Å². The Morgan fingerprint density at radius 2 is 1.80 bits per heavy atom. The number of furan rings is 1. The van der Waals surface area contributed by atoms with Crippen LogP contribution in [-0.2, 0) is 4.79 Å². The molecule has 0 unspecified atom stereocenters. The standard InChI is InChI=1S/C21H23NO3/c1-14(2)16-8-10-18(11-9-16)24-13-21(23)22-15(3)20-12-17-6-4-5-7-19(17)25-20/h4-12,14-15H,13H2,1-3H3,(H,22,23)/t15-/m1/s1. The van der Waals surface area contributed by atoms with Gasteiger partial charge in [-0.1, -0.05) is 44.2 Å². The van der Waals surface area contributed by atoms with Gasteiger partial charge in [-0.15, -0.1) is 0 Å². The highest BCUT2D eigenvalue weighted by atomic mass is 16.5. The summed E-state index contributed by atoms with van der Waals surface area (Å²) in [7, 11) is 0. The SMILES string of the molecule is CC(C)c1ccc(OCC(=O)N[C@H](C)c2cc3ccccc3o2)cc1. The van der Waals surface area contributed by atoms with E-state index in [4.69, 9.17) is 9.15 Å². The van der Waals surface area contributed by atoms with Crippen molar-refractivity contribution in [2.24, 2.45) is 0 Å². The van der Waals surface area contributed by atoms with Gasteiger partial charge in [0.25, 0.3) is 5.91 Å². The number of carbonyl (C=O) groups excluding carboxylic acids is 1. The Bertz CT molecular complexity index is 816. The Morgan fingerprint density at radius 3 is 2.48 bits per heavy atom. The molecule has 4 nitrogen and oxygen atoms in total. The highest BCUT2D eigenvalue weighted by Gasteiger charge is 2.14. The second-order valence-corrected chi connectivity index (χ2v) is 6.49. The minimum atomic E-state index is -0.216. The smallest absolute Gasteiger partial charge is 0.258 e. The van der Waals surface area contributed by atoms with Crippen LogP contribution in [0.1, 0.15) is 44.1 Å². The fraction of sp³-hybridized carbons (Fsp3) is 0.286. The molecule has 1 heterocycles. The van der Waals surface area contributed by atoms with Crippen molar-refractivity contribution >= 4 is 16.9 Å². The maximum Gasteiger partial charge on any atom is 0.258 e. The summed E-state index contributed by atoms with van der Waals surface area (Å²) < 4.78 is 11.3. The fourth-order valence-corrected chi connectivity index (χ4v) is 2.67. The highest BCUT2D eigenvalue weighted by Crippen LogP contribution is 2.23. The average molecular weight is 337 g/mol. The third kappa shape index (κ3) is 4.21. The van der Waals surface area contributed by atoms with Gasteiger partial charge in [-0.3, -0.25) is 4.79 Å². The van der Waals surface area contributed by atoms with E-state index in [2.05, 4.69) is 19.2 Å². The van der Waals surface area contributed by atoms with Gasteiger partial charge in [-0.2, -0.15) is 0 Å². The molecule has 1 amide bonds. The lowest BCUT2D eigenvalue weighted by atomic mass is 10.0. The lowest BCUT2D eigenvalue weighted by molar-refractivity contribution is -0.123. The maximum absolute atomic E-state index is 12.1. The molecule has 0 saturated carbocycles. The van der Waals surface area contributed by atoms with Gasteiger partial charge in [0.05, 0.1) is 6.04 Å². The molecule has 1 atom stereocenters. The Kier molecular flexibility index (Phi) is 5.08. The molecule has 0 fully saturated rings. The number of nitrogens with one attached hydrogen (secondary N) is 1. The normalized spacial score (nSPS) is 12.3. The molecule has 3 rings (SSSR count). The Balaban J connectivity index is 1.54. The van der Waals surface area contributed by atoms with E-state index in [9.17, 15) is 4.79 Å². The zero-order valence-corrected chi connectivity index (χ0v) is 14.8. The molecular formula is C21H23NO3. The zero-order valence-electron chi connectivity index (χ0n) is 14.8. The van der Waals surface area contributed by atoms with Gasteiger partial charge >= 0.3 is 0 Å². The highest BCUT2D eigenvalue weighted by molar-refractivity contribution is 5.79. The van der Waals surface area contributed by atoms with Crippen molar-refractivity contribution in [3.63, 3.8) is 0 Å². The van der Waals surface area contributed by atoms with Crippen molar-refractivity contribution in [1.29, 1.82) is 0 Å². The summed E-state index contributed by atoms with van der Waals surface area (Å²) in [5.41, 5.74) is 2.07. The first-order chi connectivity index (χ1) is 12.0. The summed E-state index contributed by atoms with van der Waals surface area (Å²) in [4.78, 5) is 12.1. The number of hydrogen-bond acceptors (Lipinski definition) is 3. The lowest BCUT2D eigenvalue weighted by Crippen LogP contribution is -2.31. The van der Waals surface area contributed by atoms with Crippen LogP contribution in [0.4, 0.5) is 0 Å². The van der Waals surface area contributed by atoms with Crippen LogP contribution in [-0.4, -0.2) is 12.5 Å². The van der Waals surface area contributed by atoms with Gasteiger partial charge in [-0.05, 0) is 42.7 Å². The first kappa shape index (κ1) is 17.1. The first-order valence-electron chi connectivity index (χ1n) is 8.53. The van der Waals surface area contributed by atoms with Gasteiger partial charge in [0.1, 0.15) is 17.1 Å². The third-order valence-electron chi connectivity index (χ3n) is 4.17. The van der Waals surface area contributed by atoms with Gasteiger partial charge in [0.2, 0.25) is 0 Å². The van der Waals surface area contributed by atoms with E-state index >= 15 is 0 Å². The Labute approximate surface area is 147 Å². The van der Waals surface area contributed by atoms with Crippen LogP contribution in [0.3, 0.4) is 0 Å². The number of para-hydroxylation sites is 1. The van der Waals surface area contributed by atoms with Crippen molar-refractivity contribution in [3.8, 4) is 5.75 Å². The average Bonchev–Trinajstić information content (AvgIpc) is 3.04. The molecule has 2 aromatic carbocycles. The molecule has 0 radical (unpaired) electrons. The fourth-order valence-electron chi connectivity index (χ4n) is 2.67. The Morgan fingerprint density at radius 1 is 1.08 bits per heavy atom. The molecule has 0 saturated heterocycles. The number of benzene rings is 2. The topological polar surface area (TPSA) is 51.5 Å². The van der Waals surface area contributed by atoms with Crippen LogP contribution >= 0.6 is 0 Å². The largest absolute Gasteiger partial charge is 0.484 e. The molecule has 0 spiro atoms. The summed E-state index contributed by atoms with van der Waals surface area (Å²) in [6, 6.07) is 17.4. The molecule has 1 N–H and O–H groups in total. The predicted octanol–water partition coefficient (Wildman–Crippen LogP) is 4.81. The maximum atomic E-state index is 12.1. The minimum Gasteiger partial charge on any atom is -0.484 e. The molecule has 4 heteroatoms. The molecule has 0 aliphatic carbocycles. The Hall–Kier alpha value is -2.75. The first-order valence-corrected chi connectivity index (χ1v) is 8.53. The van der Waals surface area contributed by atoms with Crippen molar-refractivity contribution in [3.05, 3.63) is 65.9 Å². The van der Waals surface area contributed by atoms with Crippen LogP contribution in [0.5, 0.6) is 5.75 Å². The van der Waals surface area contributed by atoms with E-state index < -0.39 is 0 Å². The van der Waals surface area contributed by atoms with E-state index in [0.29, 0.717) is 11.7 Å². The minimum absolute atomic E-state index is 0.0222. The van der Waals surface area contributed by atoms with Crippen LogP contribution < -0.4 is 10.1 Å². The van der Waals surface area contributed by atoms with Gasteiger partial charge < -0.3 is 14.5 Å². The quantitative estimate of drug-likeness (QED) is 0.702. The third-order valence-corrected chi connectivity index (χ3v) is 4.17. The number of amides is 1. The second-order valence-electron chi connectivity index (χ2n) is 6.49. The second kappa shape index (κ2) is 7.43. The lowest BCUT2D eigenvalue weighted by Gasteiger charge is -2.12. The monoisotopic (exact) mass is 337 g/mol. The molecule has 3 aromatic rings. The molecule has 0 aliphatic rings. The van der Waals surface area contributed by atoms with Crippen LogP contribution in [0, 0.1) is 0 Å². The number of ether oxygens (including phenoxy) is 1. The molecule has 0 aliphatic heterocycles. The van der Waals surface area contributed by atoms with Crippen molar-refractivity contribution < 1.29 is 13.9 Å². The van der Waals surface area contributed by atoms with Gasteiger partial charge in [0, 0.05) is 5.39 Å². The zero-order chi connectivity index (χ0) is 17.8. The van der Waals surface area contributed by atoms with E-state index in [0.717, 1.165) is 16.7 Å². The van der Waals surface area contributed by atoms with Gasteiger partial charge in [0.15, 0.2) is 6.61 Å². The molecule has 130 valence electrons. The van der Waals surface area contributed by atoms with E-state index in [1.54, 1.807) is 0 Å². The summed E-state index contributed by atoms with van der Waals surface area (Å²) in [6.45, 7) is 6.16. The van der Waals surface area contributed by atoms with Gasteiger partial charge in [-0.25, -0.2) is 0 Å². The van der Waals surface area contributed by atoms with E-state index in [1.807, 2.05) is 61.5 Å². The van der Waals surface area contributed by atoms with E-state index in [1.165, 1.54) is 5.56 Å². The molecule has 25 heavy (non-hydrogen) atoms. The predicted molar refractivity (Wildman–Crippen MR) is 98.8 cm³/mol. The van der Waals surface area contributed by atoms with Crippen molar-refractivity contribution in [1.82, 2.24) is 5.32 Å².